The summed E-state index contributed by atoms with van der Waals surface area (Å²) in [6.45, 7) is 1.18. The fraction of sp³-hybridized carbons (Fsp3) is 0.353. The van der Waals surface area contributed by atoms with Crippen molar-refractivity contribution in [3.63, 3.8) is 0 Å². The fourth-order valence-electron chi connectivity index (χ4n) is 1.97. The molecule has 0 spiro atoms. The molecule has 0 fully saturated rings. The molecule has 1 heterocycles. The Labute approximate surface area is 150 Å². The Morgan fingerprint density at radius 2 is 1.88 bits per heavy atom. The predicted octanol–water partition coefficient (Wildman–Crippen LogP) is 1.24. The Bertz CT molecular complexity index is 757. The summed E-state index contributed by atoms with van der Waals surface area (Å²) in [5.74, 6) is 0.766. The summed E-state index contributed by atoms with van der Waals surface area (Å²) < 4.78 is 25.0. The molecule has 0 saturated carbocycles. The van der Waals surface area contributed by atoms with Crippen molar-refractivity contribution in [2.45, 2.75) is 13.5 Å². The zero-order valence-electron chi connectivity index (χ0n) is 14.7. The lowest BCUT2D eigenvalue weighted by molar-refractivity contribution is -0.150. The second kappa shape index (κ2) is 9.30. The van der Waals surface area contributed by atoms with Gasteiger partial charge in [-0.3, -0.25) is 4.79 Å². The van der Waals surface area contributed by atoms with Gasteiger partial charge in [-0.1, -0.05) is 6.07 Å². The van der Waals surface area contributed by atoms with Crippen LogP contribution in [-0.2, 0) is 20.9 Å². The number of amides is 1. The second-order valence-corrected chi connectivity index (χ2v) is 5.19. The van der Waals surface area contributed by atoms with Gasteiger partial charge in [0, 0.05) is 12.6 Å². The Hall–Kier alpha value is -3.23. The van der Waals surface area contributed by atoms with Crippen LogP contribution in [0.5, 0.6) is 17.4 Å². The first-order valence-corrected chi connectivity index (χ1v) is 7.71. The molecule has 0 unspecified atom stereocenters. The van der Waals surface area contributed by atoms with Gasteiger partial charge in [0.1, 0.15) is 5.76 Å². The van der Waals surface area contributed by atoms with Crippen LogP contribution in [0.1, 0.15) is 11.3 Å². The van der Waals surface area contributed by atoms with Crippen LogP contribution in [0.4, 0.5) is 0 Å². The standard InChI is InChI=1S/C17H20N2O7/c1-11-6-16(19-26-11)24-10-17(21)25-9-15(20)18-8-12-4-5-13(22-2)14(7-12)23-3/h4-7H,8-10H2,1-3H3,(H,18,20). The molecule has 140 valence electrons. The van der Waals surface area contributed by atoms with E-state index in [1.807, 2.05) is 0 Å². The number of nitrogens with one attached hydrogen (secondary N) is 1. The third kappa shape index (κ3) is 5.69. The SMILES string of the molecule is COc1ccc(CNC(=O)COC(=O)COc2cc(C)on2)cc1OC. The van der Waals surface area contributed by atoms with Gasteiger partial charge < -0.3 is 28.8 Å². The second-order valence-electron chi connectivity index (χ2n) is 5.19. The van der Waals surface area contributed by atoms with Crippen molar-refractivity contribution >= 4 is 11.9 Å². The lowest BCUT2D eigenvalue weighted by Gasteiger charge is -2.10. The highest BCUT2D eigenvalue weighted by molar-refractivity contribution is 5.80. The van der Waals surface area contributed by atoms with Crippen molar-refractivity contribution in [2.75, 3.05) is 27.4 Å². The maximum Gasteiger partial charge on any atom is 0.344 e. The average Bonchev–Trinajstić information content (AvgIpc) is 3.07. The fourth-order valence-corrected chi connectivity index (χ4v) is 1.97. The van der Waals surface area contributed by atoms with Gasteiger partial charge >= 0.3 is 5.97 Å². The van der Waals surface area contributed by atoms with Crippen LogP contribution in [0, 0.1) is 6.92 Å². The van der Waals surface area contributed by atoms with Crippen LogP contribution in [0.15, 0.2) is 28.8 Å². The largest absolute Gasteiger partial charge is 0.493 e. The molecule has 9 nitrogen and oxygen atoms in total. The normalized spacial score (nSPS) is 10.1. The van der Waals surface area contributed by atoms with Crippen LogP contribution < -0.4 is 19.5 Å². The Balaban J connectivity index is 1.70. The van der Waals surface area contributed by atoms with Crippen LogP contribution in [0.25, 0.3) is 0 Å². The molecule has 1 N–H and O–H groups in total. The molecule has 0 aliphatic carbocycles. The molecule has 0 aliphatic rings. The van der Waals surface area contributed by atoms with Gasteiger partial charge in [-0.25, -0.2) is 4.79 Å². The summed E-state index contributed by atoms with van der Waals surface area (Å²) in [7, 11) is 3.07. The van der Waals surface area contributed by atoms with Crippen molar-refractivity contribution < 1.29 is 33.1 Å². The van der Waals surface area contributed by atoms with Crippen molar-refractivity contribution in [3.8, 4) is 17.4 Å². The molecular formula is C17H20N2O7. The number of carbonyl (C=O) groups is 2. The number of methoxy groups -OCH3 is 2. The molecule has 1 amide bonds. The molecule has 0 saturated heterocycles. The summed E-state index contributed by atoms with van der Waals surface area (Å²) in [5.41, 5.74) is 0.812. The van der Waals surface area contributed by atoms with Crippen LogP contribution in [-0.4, -0.2) is 44.5 Å². The summed E-state index contributed by atoms with van der Waals surface area (Å²) >= 11 is 0. The van der Waals surface area contributed by atoms with Gasteiger partial charge in [-0.15, -0.1) is 0 Å². The Kier molecular flexibility index (Phi) is 6.84. The molecule has 9 heteroatoms. The minimum atomic E-state index is -0.688. The lowest BCUT2D eigenvalue weighted by atomic mass is 10.2. The van der Waals surface area contributed by atoms with E-state index in [1.54, 1.807) is 32.2 Å². The minimum absolute atomic E-state index is 0.178. The third-order valence-corrected chi connectivity index (χ3v) is 3.25. The summed E-state index contributed by atoms with van der Waals surface area (Å²) in [6.07, 6.45) is 0. The molecular weight excluding hydrogens is 344 g/mol. The van der Waals surface area contributed by atoms with E-state index < -0.39 is 18.5 Å². The van der Waals surface area contributed by atoms with Gasteiger partial charge in [0.05, 0.1) is 14.2 Å². The predicted molar refractivity (Wildman–Crippen MR) is 89.1 cm³/mol. The summed E-state index contributed by atoms with van der Waals surface area (Å²) in [4.78, 5) is 23.3. The zero-order valence-corrected chi connectivity index (χ0v) is 14.7. The third-order valence-electron chi connectivity index (χ3n) is 3.25. The van der Waals surface area contributed by atoms with Crippen LogP contribution >= 0.6 is 0 Å². The molecule has 0 aliphatic heterocycles. The number of aryl methyl sites for hydroxylation is 1. The van der Waals surface area contributed by atoms with Gasteiger partial charge in [0.15, 0.2) is 24.7 Å². The van der Waals surface area contributed by atoms with Gasteiger partial charge in [-0.05, 0) is 29.8 Å². The van der Waals surface area contributed by atoms with E-state index >= 15 is 0 Å². The van der Waals surface area contributed by atoms with Crippen LogP contribution in [0.2, 0.25) is 0 Å². The number of benzene rings is 1. The topological polar surface area (TPSA) is 109 Å². The van der Waals surface area contributed by atoms with E-state index in [1.165, 1.54) is 13.2 Å². The number of rotatable bonds is 9. The van der Waals surface area contributed by atoms with E-state index in [0.29, 0.717) is 17.3 Å². The van der Waals surface area contributed by atoms with Crippen molar-refractivity contribution in [1.82, 2.24) is 10.5 Å². The van der Waals surface area contributed by atoms with E-state index in [0.717, 1.165) is 5.56 Å². The van der Waals surface area contributed by atoms with Crippen molar-refractivity contribution in [3.05, 3.63) is 35.6 Å². The molecule has 0 atom stereocenters. The molecule has 0 radical (unpaired) electrons. The minimum Gasteiger partial charge on any atom is -0.493 e. The first-order valence-electron chi connectivity index (χ1n) is 7.71. The molecule has 26 heavy (non-hydrogen) atoms. The molecule has 2 aromatic rings. The van der Waals surface area contributed by atoms with Gasteiger partial charge in [0.25, 0.3) is 11.8 Å². The molecule has 1 aromatic carbocycles. The van der Waals surface area contributed by atoms with Gasteiger partial charge in [-0.2, -0.15) is 0 Å². The first-order chi connectivity index (χ1) is 12.5. The monoisotopic (exact) mass is 364 g/mol. The maximum atomic E-state index is 11.8. The zero-order chi connectivity index (χ0) is 18.9. The number of hydrogen-bond acceptors (Lipinski definition) is 8. The number of ether oxygens (including phenoxy) is 4. The quantitative estimate of drug-likeness (QED) is 0.662. The number of esters is 1. The average molecular weight is 364 g/mol. The first kappa shape index (κ1) is 19.1. The van der Waals surface area contributed by atoms with E-state index in [-0.39, 0.29) is 19.0 Å². The summed E-state index contributed by atoms with van der Waals surface area (Å²) in [6, 6.07) is 6.81. The number of aromatic nitrogens is 1. The molecule has 0 bridgehead atoms. The number of carbonyl (C=O) groups excluding carboxylic acids is 2. The highest BCUT2D eigenvalue weighted by Crippen LogP contribution is 2.27. The van der Waals surface area contributed by atoms with E-state index in [4.69, 9.17) is 23.5 Å². The number of hydrogen-bond donors (Lipinski definition) is 1. The number of nitrogens with zero attached hydrogens (tertiary/aromatic N) is 1. The van der Waals surface area contributed by atoms with Crippen molar-refractivity contribution in [2.24, 2.45) is 0 Å². The van der Waals surface area contributed by atoms with Crippen molar-refractivity contribution in [1.29, 1.82) is 0 Å². The molecule has 2 rings (SSSR count). The smallest absolute Gasteiger partial charge is 0.344 e. The highest BCUT2D eigenvalue weighted by Gasteiger charge is 2.11. The van der Waals surface area contributed by atoms with Gasteiger partial charge in [0.2, 0.25) is 0 Å². The molecule has 1 aromatic heterocycles. The lowest BCUT2D eigenvalue weighted by Crippen LogP contribution is -2.29. The highest BCUT2D eigenvalue weighted by atomic mass is 16.6. The Morgan fingerprint density at radius 3 is 2.54 bits per heavy atom. The maximum absolute atomic E-state index is 11.8. The van der Waals surface area contributed by atoms with E-state index in [9.17, 15) is 9.59 Å². The Morgan fingerprint density at radius 1 is 1.12 bits per heavy atom. The van der Waals surface area contributed by atoms with Crippen LogP contribution in [0.3, 0.4) is 0 Å². The summed E-state index contributed by atoms with van der Waals surface area (Å²) in [5, 5.41) is 6.21. The van der Waals surface area contributed by atoms with E-state index in [2.05, 4.69) is 10.5 Å².